The van der Waals surface area contributed by atoms with Crippen molar-refractivity contribution in [3.63, 3.8) is 0 Å². The maximum absolute atomic E-state index is 13.8. The van der Waals surface area contributed by atoms with E-state index in [4.69, 9.17) is 4.74 Å². The van der Waals surface area contributed by atoms with Gasteiger partial charge in [-0.25, -0.2) is 14.8 Å². The van der Waals surface area contributed by atoms with Gasteiger partial charge in [-0.15, -0.1) is 0 Å². The van der Waals surface area contributed by atoms with Gasteiger partial charge in [0.2, 0.25) is 0 Å². The number of carbonyl (C=O) groups excluding carboxylic acids is 1. The molecule has 2 aromatic carbocycles. The minimum Gasteiger partial charge on any atom is -0.495 e. The number of aromatic amines is 1. The molecule has 2 aromatic heterocycles. The van der Waals surface area contributed by atoms with Gasteiger partial charge in [-0.2, -0.15) is 13.2 Å². The van der Waals surface area contributed by atoms with E-state index in [0.717, 1.165) is 11.6 Å². The van der Waals surface area contributed by atoms with Crippen LogP contribution in [0.25, 0.3) is 22.3 Å². The third-order valence-electron chi connectivity index (χ3n) is 4.87. The van der Waals surface area contributed by atoms with Crippen LogP contribution in [0.1, 0.15) is 11.1 Å². The van der Waals surface area contributed by atoms with E-state index in [2.05, 4.69) is 25.6 Å². The first kappa shape index (κ1) is 21.2. The fourth-order valence-electron chi connectivity index (χ4n) is 3.40. The summed E-state index contributed by atoms with van der Waals surface area (Å²) in [6, 6.07) is 9.38. The molecule has 0 aliphatic carbocycles. The van der Waals surface area contributed by atoms with Crippen LogP contribution in [-0.4, -0.2) is 28.1 Å². The molecule has 0 saturated carbocycles. The zero-order valence-electron chi connectivity index (χ0n) is 17.0. The van der Waals surface area contributed by atoms with Crippen LogP contribution in [0.5, 0.6) is 5.75 Å². The highest BCUT2D eigenvalue weighted by molar-refractivity contribution is 6.01. The number of aromatic nitrogens is 3. The van der Waals surface area contributed by atoms with E-state index >= 15 is 0 Å². The van der Waals surface area contributed by atoms with Crippen molar-refractivity contribution in [2.75, 3.05) is 17.7 Å². The lowest BCUT2D eigenvalue weighted by Crippen LogP contribution is -2.22. The Labute approximate surface area is 180 Å². The summed E-state index contributed by atoms with van der Waals surface area (Å²) in [7, 11) is 1.43. The van der Waals surface area contributed by atoms with Gasteiger partial charge in [0.05, 0.1) is 29.7 Å². The van der Waals surface area contributed by atoms with Crippen molar-refractivity contribution < 1.29 is 22.7 Å². The van der Waals surface area contributed by atoms with Crippen LogP contribution in [0.3, 0.4) is 0 Å². The number of carbonyl (C=O) groups is 1. The average Bonchev–Trinajstić information content (AvgIpc) is 3.15. The topological polar surface area (TPSA) is 91.9 Å². The first-order chi connectivity index (χ1) is 15.3. The van der Waals surface area contributed by atoms with E-state index in [0.29, 0.717) is 28.2 Å². The number of alkyl halides is 3. The van der Waals surface area contributed by atoms with E-state index in [9.17, 15) is 18.0 Å². The van der Waals surface area contributed by atoms with E-state index in [1.54, 1.807) is 30.5 Å². The number of nitrogens with one attached hydrogen (secondary N) is 3. The number of urea groups is 1. The molecule has 0 aliphatic heterocycles. The summed E-state index contributed by atoms with van der Waals surface area (Å²) < 4.78 is 46.7. The second-order valence-electron chi connectivity index (χ2n) is 6.96. The summed E-state index contributed by atoms with van der Waals surface area (Å²) in [5.74, 6) is 0.378. The van der Waals surface area contributed by atoms with E-state index in [-0.39, 0.29) is 11.3 Å². The number of H-pyrrole nitrogens is 1. The highest BCUT2D eigenvalue weighted by atomic mass is 19.4. The molecule has 0 radical (unpaired) electrons. The molecule has 2 heterocycles. The number of ether oxygens (including phenoxy) is 1. The number of methoxy groups -OCH3 is 1. The third kappa shape index (κ3) is 4.07. The number of hydrogen-bond donors (Lipinski definition) is 3. The van der Waals surface area contributed by atoms with Gasteiger partial charge >= 0.3 is 12.2 Å². The van der Waals surface area contributed by atoms with Crippen LogP contribution in [-0.2, 0) is 6.18 Å². The average molecular weight is 441 g/mol. The molecule has 0 atom stereocenters. The Balaban J connectivity index is 1.69. The number of hydrogen-bond acceptors (Lipinski definition) is 4. The van der Waals surface area contributed by atoms with Crippen molar-refractivity contribution in [2.45, 2.75) is 13.1 Å². The Morgan fingerprint density at radius 3 is 2.56 bits per heavy atom. The summed E-state index contributed by atoms with van der Waals surface area (Å²) in [4.78, 5) is 23.7. The predicted molar refractivity (Wildman–Crippen MR) is 115 cm³/mol. The number of fused-ring (bicyclic) bond motifs is 1. The molecule has 7 nitrogen and oxygen atoms in total. The van der Waals surface area contributed by atoms with Crippen molar-refractivity contribution in [2.24, 2.45) is 0 Å². The number of aryl methyl sites for hydroxylation is 1. The molecule has 10 heteroatoms. The molecule has 0 spiro atoms. The third-order valence-corrected chi connectivity index (χ3v) is 4.87. The number of nitrogens with zero attached hydrogens (tertiary/aromatic N) is 2. The zero-order valence-corrected chi connectivity index (χ0v) is 17.0. The Hall–Kier alpha value is -4.08. The monoisotopic (exact) mass is 441 g/mol. The van der Waals surface area contributed by atoms with Gasteiger partial charge in [0.25, 0.3) is 0 Å². The van der Waals surface area contributed by atoms with Crippen LogP contribution in [0.4, 0.5) is 29.3 Å². The second kappa shape index (κ2) is 8.22. The standard InChI is InChI=1S/C22H18F3N5O2/c1-12-10-26-20-18(12)19(27-11-28-20)13-7-8-15(14(9-13)22(23,24)25)29-21(31)30-16-5-3-4-6-17(16)32-2/h3-11H,1-2H3,(H,26,27,28)(H2,29,30,31). The summed E-state index contributed by atoms with van der Waals surface area (Å²) >= 11 is 0. The van der Waals surface area contributed by atoms with E-state index < -0.39 is 17.8 Å². The van der Waals surface area contributed by atoms with Crippen LogP contribution >= 0.6 is 0 Å². The fraction of sp³-hybridized carbons (Fsp3) is 0.136. The summed E-state index contributed by atoms with van der Waals surface area (Å²) in [5, 5.41) is 5.41. The Bertz CT molecular complexity index is 1300. The number of amides is 2. The number of rotatable bonds is 4. The first-order valence-corrected chi connectivity index (χ1v) is 9.49. The smallest absolute Gasteiger partial charge is 0.418 e. The van der Waals surface area contributed by atoms with E-state index in [1.165, 1.54) is 25.6 Å². The van der Waals surface area contributed by atoms with Gasteiger partial charge < -0.3 is 20.4 Å². The molecule has 0 bridgehead atoms. The highest BCUT2D eigenvalue weighted by Gasteiger charge is 2.34. The lowest BCUT2D eigenvalue weighted by molar-refractivity contribution is -0.136. The SMILES string of the molecule is COc1ccccc1NC(=O)Nc1ccc(-c2ncnc3[nH]cc(C)c23)cc1C(F)(F)F. The molecule has 0 fully saturated rings. The molecular weight excluding hydrogens is 423 g/mol. The molecule has 3 N–H and O–H groups in total. The fourth-order valence-corrected chi connectivity index (χ4v) is 3.40. The number of para-hydroxylation sites is 2. The molecule has 32 heavy (non-hydrogen) atoms. The normalized spacial score (nSPS) is 11.4. The first-order valence-electron chi connectivity index (χ1n) is 9.49. The quantitative estimate of drug-likeness (QED) is 0.384. The molecule has 0 saturated heterocycles. The summed E-state index contributed by atoms with van der Waals surface area (Å²) in [6.07, 6.45) is -1.71. The van der Waals surface area contributed by atoms with Crippen LogP contribution in [0, 0.1) is 6.92 Å². The van der Waals surface area contributed by atoms with Gasteiger partial charge in [0.1, 0.15) is 17.7 Å². The maximum Gasteiger partial charge on any atom is 0.418 e. The van der Waals surface area contributed by atoms with Crippen molar-refractivity contribution in [3.8, 4) is 17.0 Å². The minimum absolute atomic E-state index is 0.253. The van der Waals surface area contributed by atoms with Gasteiger partial charge in [0, 0.05) is 17.1 Å². The molecular formula is C22H18F3N5O2. The maximum atomic E-state index is 13.8. The number of benzene rings is 2. The minimum atomic E-state index is -4.71. The Kier molecular flexibility index (Phi) is 5.43. The number of halogens is 3. The second-order valence-corrected chi connectivity index (χ2v) is 6.96. The van der Waals surface area contributed by atoms with Crippen LogP contribution in [0.2, 0.25) is 0 Å². The van der Waals surface area contributed by atoms with Crippen LogP contribution < -0.4 is 15.4 Å². The van der Waals surface area contributed by atoms with E-state index in [1.807, 2.05) is 6.92 Å². The molecule has 4 rings (SSSR count). The van der Waals surface area contributed by atoms with Crippen molar-refractivity contribution >= 4 is 28.4 Å². The van der Waals surface area contributed by atoms with Gasteiger partial charge in [-0.3, -0.25) is 0 Å². The summed E-state index contributed by atoms with van der Waals surface area (Å²) in [6.45, 7) is 1.81. The van der Waals surface area contributed by atoms with Crippen molar-refractivity contribution in [1.82, 2.24) is 15.0 Å². The Morgan fingerprint density at radius 2 is 1.81 bits per heavy atom. The highest BCUT2D eigenvalue weighted by Crippen LogP contribution is 2.38. The molecule has 164 valence electrons. The van der Waals surface area contributed by atoms with Gasteiger partial charge in [-0.1, -0.05) is 18.2 Å². The molecule has 2 amide bonds. The molecule has 0 aliphatic rings. The lowest BCUT2D eigenvalue weighted by atomic mass is 10.0. The lowest BCUT2D eigenvalue weighted by Gasteiger charge is -2.16. The zero-order chi connectivity index (χ0) is 22.9. The van der Waals surface area contributed by atoms with Gasteiger partial charge in [0.15, 0.2) is 0 Å². The van der Waals surface area contributed by atoms with Crippen LogP contribution in [0.15, 0.2) is 55.0 Å². The van der Waals surface area contributed by atoms with Crippen molar-refractivity contribution in [3.05, 3.63) is 66.1 Å². The molecule has 0 unspecified atom stereocenters. The van der Waals surface area contributed by atoms with Gasteiger partial charge in [-0.05, 0) is 36.8 Å². The number of anilines is 2. The van der Waals surface area contributed by atoms with Crippen molar-refractivity contribution in [1.29, 1.82) is 0 Å². The Morgan fingerprint density at radius 1 is 1.06 bits per heavy atom. The largest absolute Gasteiger partial charge is 0.495 e. The molecule has 4 aromatic rings. The summed E-state index contributed by atoms with van der Waals surface area (Å²) in [5.41, 5.74) is 0.897. The predicted octanol–water partition coefficient (Wildman–Crippen LogP) is 5.60.